The molecule has 1 aromatic rings. The molecule has 0 heterocycles. The van der Waals surface area contributed by atoms with Crippen molar-refractivity contribution in [2.24, 2.45) is 5.92 Å². The fourth-order valence-electron chi connectivity index (χ4n) is 1.77. The minimum absolute atomic E-state index is 0.265. The van der Waals surface area contributed by atoms with Crippen molar-refractivity contribution < 1.29 is 5.11 Å². The first-order valence-corrected chi connectivity index (χ1v) is 7.37. The van der Waals surface area contributed by atoms with Crippen molar-refractivity contribution in [3.63, 3.8) is 0 Å². The van der Waals surface area contributed by atoms with Gasteiger partial charge in [-0.25, -0.2) is 0 Å². The number of benzene rings is 1. The van der Waals surface area contributed by atoms with Gasteiger partial charge in [0, 0.05) is 11.6 Å². The fourth-order valence-corrected chi connectivity index (χ4v) is 2.44. The number of hydrogen-bond donors (Lipinski definition) is 1. The molecule has 1 N–H and O–H groups in total. The van der Waals surface area contributed by atoms with Gasteiger partial charge in [0.05, 0.1) is 0 Å². The molecule has 16 heavy (non-hydrogen) atoms. The zero-order chi connectivity index (χ0) is 11.8. The maximum Gasteiger partial charge on any atom is 0.0462 e. The molecule has 0 spiro atoms. The van der Waals surface area contributed by atoms with Crippen LogP contribution < -0.4 is 0 Å². The van der Waals surface area contributed by atoms with Crippen LogP contribution in [0.25, 0.3) is 0 Å². The van der Waals surface area contributed by atoms with E-state index in [4.69, 9.17) is 11.6 Å². The highest BCUT2D eigenvalue weighted by Gasteiger charge is 2.08. The van der Waals surface area contributed by atoms with Crippen LogP contribution in [0.15, 0.2) is 24.3 Å². The molecule has 0 fully saturated rings. The normalized spacial score (nSPS) is 12.7. The first-order chi connectivity index (χ1) is 7.76. The summed E-state index contributed by atoms with van der Waals surface area (Å²) in [5.41, 5.74) is 1.22. The van der Waals surface area contributed by atoms with Gasteiger partial charge in [0.2, 0.25) is 0 Å². The van der Waals surface area contributed by atoms with Crippen LogP contribution in [0.1, 0.15) is 18.4 Å². The van der Waals surface area contributed by atoms with Crippen molar-refractivity contribution in [3.05, 3.63) is 34.9 Å². The molecule has 0 aliphatic heterocycles. The van der Waals surface area contributed by atoms with E-state index in [2.05, 4.69) is 12.3 Å². The zero-order valence-electron chi connectivity index (χ0n) is 9.66. The minimum atomic E-state index is 0.265. The quantitative estimate of drug-likeness (QED) is 0.754. The third-order valence-corrected chi connectivity index (χ3v) is 3.56. The summed E-state index contributed by atoms with van der Waals surface area (Å²) in [6, 6.07) is 7.91. The molecular formula is C13H19ClOS. The maximum absolute atomic E-state index is 9.32. The van der Waals surface area contributed by atoms with E-state index in [-0.39, 0.29) is 6.61 Å². The fraction of sp³-hybridized carbons (Fsp3) is 0.538. The SMILES string of the molecule is CSCCCC(CO)Cc1cccc(Cl)c1. The smallest absolute Gasteiger partial charge is 0.0462 e. The van der Waals surface area contributed by atoms with Crippen LogP contribution in [0.4, 0.5) is 0 Å². The number of aliphatic hydroxyl groups excluding tert-OH is 1. The maximum atomic E-state index is 9.32. The number of aliphatic hydroxyl groups is 1. The lowest BCUT2D eigenvalue weighted by atomic mass is 9.96. The van der Waals surface area contributed by atoms with Crippen molar-refractivity contribution in [1.82, 2.24) is 0 Å². The van der Waals surface area contributed by atoms with Gasteiger partial charge in [0.25, 0.3) is 0 Å². The Morgan fingerprint density at radius 3 is 2.88 bits per heavy atom. The van der Waals surface area contributed by atoms with Gasteiger partial charge in [-0.15, -0.1) is 0 Å². The minimum Gasteiger partial charge on any atom is -0.396 e. The van der Waals surface area contributed by atoms with Crippen molar-refractivity contribution in [2.45, 2.75) is 19.3 Å². The molecular weight excluding hydrogens is 240 g/mol. The lowest BCUT2D eigenvalue weighted by Crippen LogP contribution is -2.10. The summed E-state index contributed by atoms with van der Waals surface area (Å²) in [6.45, 7) is 0.265. The molecule has 3 heteroatoms. The van der Waals surface area contributed by atoms with Crippen LogP contribution >= 0.6 is 23.4 Å². The van der Waals surface area contributed by atoms with E-state index in [0.29, 0.717) is 5.92 Å². The molecule has 0 aliphatic carbocycles. The summed E-state index contributed by atoms with van der Waals surface area (Å²) in [7, 11) is 0. The summed E-state index contributed by atoms with van der Waals surface area (Å²) in [6.07, 6.45) is 5.30. The molecule has 0 aromatic heterocycles. The Balaban J connectivity index is 2.43. The molecule has 1 unspecified atom stereocenters. The molecule has 1 rings (SSSR count). The van der Waals surface area contributed by atoms with Gasteiger partial charge in [0.1, 0.15) is 0 Å². The van der Waals surface area contributed by atoms with Gasteiger partial charge in [-0.3, -0.25) is 0 Å². The van der Waals surface area contributed by atoms with Crippen molar-refractivity contribution in [1.29, 1.82) is 0 Å². The lowest BCUT2D eigenvalue weighted by Gasteiger charge is -2.13. The zero-order valence-corrected chi connectivity index (χ0v) is 11.2. The summed E-state index contributed by atoms with van der Waals surface area (Å²) in [4.78, 5) is 0. The van der Waals surface area contributed by atoms with Gasteiger partial charge >= 0.3 is 0 Å². The predicted molar refractivity (Wildman–Crippen MR) is 73.3 cm³/mol. The van der Waals surface area contributed by atoms with E-state index in [1.165, 1.54) is 17.7 Å². The largest absolute Gasteiger partial charge is 0.396 e. The predicted octanol–water partition coefficient (Wildman–Crippen LogP) is 3.63. The molecule has 0 bridgehead atoms. The van der Waals surface area contributed by atoms with Crippen molar-refractivity contribution in [2.75, 3.05) is 18.6 Å². The van der Waals surface area contributed by atoms with Crippen LogP contribution in [-0.4, -0.2) is 23.7 Å². The third-order valence-electron chi connectivity index (χ3n) is 2.63. The Morgan fingerprint density at radius 1 is 1.44 bits per heavy atom. The molecule has 0 aliphatic rings. The van der Waals surface area contributed by atoms with Crippen LogP contribution in [0.5, 0.6) is 0 Å². The topological polar surface area (TPSA) is 20.2 Å². The molecule has 0 saturated heterocycles. The molecule has 0 amide bonds. The second-order valence-electron chi connectivity index (χ2n) is 4.02. The van der Waals surface area contributed by atoms with E-state index in [0.717, 1.165) is 17.9 Å². The first kappa shape index (κ1) is 13.9. The highest BCUT2D eigenvalue weighted by molar-refractivity contribution is 7.98. The van der Waals surface area contributed by atoms with Gasteiger partial charge in [-0.1, -0.05) is 23.7 Å². The van der Waals surface area contributed by atoms with Crippen LogP contribution in [0.2, 0.25) is 5.02 Å². The summed E-state index contributed by atoms with van der Waals surface area (Å²) >= 11 is 7.79. The molecule has 1 aromatic carbocycles. The lowest BCUT2D eigenvalue weighted by molar-refractivity contribution is 0.217. The van der Waals surface area contributed by atoms with Gasteiger partial charge < -0.3 is 5.11 Å². The highest BCUT2D eigenvalue weighted by atomic mass is 35.5. The Hall–Kier alpha value is -0.180. The average Bonchev–Trinajstić information content (AvgIpc) is 2.28. The Bertz CT molecular complexity index is 304. The average molecular weight is 259 g/mol. The van der Waals surface area contributed by atoms with E-state index >= 15 is 0 Å². The highest BCUT2D eigenvalue weighted by Crippen LogP contribution is 2.18. The van der Waals surface area contributed by atoms with Gasteiger partial charge in [-0.2, -0.15) is 11.8 Å². The molecule has 0 saturated carbocycles. The second-order valence-corrected chi connectivity index (χ2v) is 5.44. The van der Waals surface area contributed by atoms with Crippen LogP contribution in [0.3, 0.4) is 0 Å². The van der Waals surface area contributed by atoms with E-state index in [1.54, 1.807) is 0 Å². The second kappa shape index (κ2) is 7.99. The standard InChI is InChI=1S/C13H19ClOS/c1-16-7-3-5-12(10-15)8-11-4-2-6-13(14)9-11/h2,4,6,9,12,15H,3,5,7-8,10H2,1H3. The Morgan fingerprint density at radius 2 is 2.25 bits per heavy atom. The molecule has 1 atom stereocenters. The van der Waals surface area contributed by atoms with Crippen LogP contribution in [0, 0.1) is 5.92 Å². The third kappa shape index (κ3) is 5.24. The van der Waals surface area contributed by atoms with Gasteiger partial charge in [-0.05, 0) is 54.9 Å². The van der Waals surface area contributed by atoms with Crippen molar-refractivity contribution in [3.8, 4) is 0 Å². The number of hydrogen-bond acceptors (Lipinski definition) is 2. The summed E-state index contributed by atoms with van der Waals surface area (Å²) < 4.78 is 0. The summed E-state index contributed by atoms with van der Waals surface area (Å²) in [5.74, 6) is 1.54. The molecule has 0 radical (unpaired) electrons. The van der Waals surface area contributed by atoms with Crippen LogP contribution in [-0.2, 0) is 6.42 Å². The van der Waals surface area contributed by atoms with Gasteiger partial charge in [0.15, 0.2) is 0 Å². The number of thioether (sulfide) groups is 1. The number of rotatable bonds is 7. The van der Waals surface area contributed by atoms with E-state index in [1.807, 2.05) is 30.0 Å². The van der Waals surface area contributed by atoms with Crippen molar-refractivity contribution >= 4 is 23.4 Å². The Kier molecular flexibility index (Phi) is 6.93. The molecule has 90 valence electrons. The number of halogens is 1. The molecule has 1 nitrogen and oxygen atoms in total. The monoisotopic (exact) mass is 258 g/mol. The first-order valence-electron chi connectivity index (χ1n) is 5.60. The van der Waals surface area contributed by atoms with E-state index < -0.39 is 0 Å². The summed E-state index contributed by atoms with van der Waals surface area (Å²) in [5, 5.41) is 10.1. The Labute approximate surface area is 107 Å². The van der Waals surface area contributed by atoms with E-state index in [9.17, 15) is 5.11 Å².